The van der Waals surface area contributed by atoms with Gasteiger partial charge in [-0.05, 0) is 52.5 Å². The zero-order valence-corrected chi connectivity index (χ0v) is 28.6. The molecule has 0 aliphatic heterocycles. The first-order chi connectivity index (χ1) is 23.8. The molecule has 5 heteroatoms. The number of aromatic nitrogens is 3. The van der Waals surface area contributed by atoms with Crippen LogP contribution < -0.4 is 0 Å². The van der Waals surface area contributed by atoms with E-state index in [1.165, 1.54) is 21.7 Å². The van der Waals surface area contributed by atoms with E-state index >= 15 is 0 Å². The molecule has 0 spiro atoms. The van der Waals surface area contributed by atoms with Crippen molar-refractivity contribution in [1.82, 2.24) is 14.5 Å². The molecule has 4 heterocycles. The predicted molar refractivity (Wildman–Crippen MR) is 196 cm³/mol. The molecule has 4 nitrogen and oxygen atoms in total. The summed E-state index contributed by atoms with van der Waals surface area (Å²) >= 11 is 0. The van der Waals surface area contributed by atoms with Crippen molar-refractivity contribution in [2.45, 2.75) is 0 Å². The molecule has 0 saturated carbocycles. The first-order valence-corrected chi connectivity index (χ1v) is 15.9. The van der Waals surface area contributed by atoms with Gasteiger partial charge in [0.1, 0.15) is 5.58 Å². The van der Waals surface area contributed by atoms with Crippen LogP contribution in [0.3, 0.4) is 0 Å². The minimum Gasteiger partial charge on any atom is -0.501 e. The van der Waals surface area contributed by atoms with E-state index in [9.17, 15) is 0 Å². The molecule has 0 fully saturated rings. The summed E-state index contributed by atoms with van der Waals surface area (Å²) in [5.74, 6) is 0. The first-order valence-electron chi connectivity index (χ1n) is 15.9. The fraction of sp³-hybridized carbons (Fsp3) is 0. The number of hydrogen-bond donors (Lipinski definition) is 0. The normalized spacial score (nSPS) is 11.1. The van der Waals surface area contributed by atoms with E-state index in [4.69, 9.17) is 9.40 Å². The molecule has 1 radical (unpaired) electrons. The molecule has 4 aromatic heterocycles. The van der Waals surface area contributed by atoms with Gasteiger partial charge in [-0.15, -0.1) is 54.1 Å². The van der Waals surface area contributed by atoms with Crippen molar-refractivity contribution in [3.05, 3.63) is 176 Å². The Bertz CT molecular complexity index is 2680. The van der Waals surface area contributed by atoms with Crippen LogP contribution in [0.15, 0.2) is 168 Å². The molecule has 0 aliphatic carbocycles. The SMILES string of the molecule is [Ir].[c-]1ccc2c(oc3ccccc32)c1-c1cc2c(cn1)c1c3ccccc3ccc1n2-c1ccccc1.[c-]1ccccc1-c1ccccn1. The zero-order chi connectivity index (χ0) is 31.9. The molecule has 0 atom stereocenters. The molecule has 0 bridgehead atoms. The van der Waals surface area contributed by atoms with E-state index in [1.807, 2.05) is 72.9 Å². The van der Waals surface area contributed by atoms with Crippen molar-refractivity contribution in [1.29, 1.82) is 0 Å². The van der Waals surface area contributed by atoms with Crippen LogP contribution in [0, 0.1) is 12.1 Å². The molecule has 49 heavy (non-hydrogen) atoms. The standard InChI is InChI=1S/C33H19N2O.C11H8N.Ir/c1-2-10-22(11-3-1)35-29-18-17-21-9-4-5-12-23(21)32(29)27-20-34-28(19-30(27)35)26-15-8-14-25-24-13-6-7-16-31(24)36-33(25)26;1-2-6-10(7-3-1)11-8-4-5-9-12-11;/h1-14,16-20H;1-6,8-9H;/q2*-1;. The van der Waals surface area contributed by atoms with Gasteiger partial charge in [-0.3, -0.25) is 0 Å². The largest absolute Gasteiger partial charge is 0.501 e. The number of pyridine rings is 2. The van der Waals surface area contributed by atoms with Gasteiger partial charge in [-0.25, -0.2) is 0 Å². The fourth-order valence-electron chi connectivity index (χ4n) is 6.63. The van der Waals surface area contributed by atoms with Gasteiger partial charge in [-0.1, -0.05) is 95.9 Å². The van der Waals surface area contributed by atoms with Gasteiger partial charge in [0.15, 0.2) is 0 Å². The average molecular weight is 806 g/mol. The quantitative estimate of drug-likeness (QED) is 0.167. The summed E-state index contributed by atoms with van der Waals surface area (Å²) in [5, 5.41) is 6.99. The van der Waals surface area contributed by atoms with Crippen LogP contribution in [0.1, 0.15) is 0 Å². The van der Waals surface area contributed by atoms with Gasteiger partial charge < -0.3 is 19.0 Å². The molecule has 0 saturated heterocycles. The van der Waals surface area contributed by atoms with Crippen molar-refractivity contribution < 1.29 is 24.5 Å². The van der Waals surface area contributed by atoms with Crippen molar-refractivity contribution in [3.63, 3.8) is 0 Å². The van der Waals surface area contributed by atoms with E-state index in [-0.39, 0.29) is 20.1 Å². The fourth-order valence-corrected chi connectivity index (χ4v) is 6.63. The second kappa shape index (κ2) is 13.0. The Balaban J connectivity index is 0.000000228. The van der Waals surface area contributed by atoms with Crippen LogP contribution in [0.25, 0.3) is 82.7 Å². The maximum atomic E-state index is 6.30. The van der Waals surface area contributed by atoms with Gasteiger partial charge in [0.05, 0.1) is 11.1 Å². The van der Waals surface area contributed by atoms with Crippen molar-refractivity contribution in [2.24, 2.45) is 0 Å². The number of furan rings is 1. The predicted octanol–water partition coefficient (Wildman–Crippen LogP) is 11.2. The summed E-state index contributed by atoms with van der Waals surface area (Å²) in [6.45, 7) is 0. The maximum absolute atomic E-state index is 6.30. The molecule has 6 aromatic carbocycles. The smallest absolute Gasteiger partial charge is 0.120 e. The van der Waals surface area contributed by atoms with Gasteiger partial charge in [0.2, 0.25) is 0 Å². The molecule has 10 aromatic rings. The molecule has 0 amide bonds. The number of para-hydroxylation sites is 2. The van der Waals surface area contributed by atoms with Crippen molar-refractivity contribution >= 4 is 54.5 Å². The molecular formula is C44H27IrN3O-2. The Kier molecular flexibility index (Phi) is 8.06. The molecule has 235 valence electrons. The molecule has 0 aliphatic rings. The first kappa shape index (κ1) is 30.5. The van der Waals surface area contributed by atoms with E-state index < -0.39 is 0 Å². The minimum atomic E-state index is 0. The second-order valence-corrected chi connectivity index (χ2v) is 11.6. The Hall–Kier alpha value is -5.87. The third-order valence-corrected chi connectivity index (χ3v) is 8.80. The topological polar surface area (TPSA) is 43.9 Å². The minimum absolute atomic E-state index is 0. The van der Waals surface area contributed by atoms with Gasteiger partial charge in [0.25, 0.3) is 0 Å². The third kappa shape index (κ3) is 5.40. The molecular weight excluding hydrogens is 779 g/mol. The van der Waals surface area contributed by atoms with E-state index in [1.54, 1.807) is 6.20 Å². The van der Waals surface area contributed by atoms with Crippen molar-refractivity contribution in [2.75, 3.05) is 0 Å². The maximum Gasteiger partial charge on any atom is 0.120 e. The van der Waals surface area contributed by atoms with Crippen LogP contribution in [0.2, 0.25) is 0 Å². The number of hydrogen-bond acceptors (Lipinski definition) is 3. The Morgan fingerprint density at radius 3 is 2.18 bits per heavy atom. The van der Waals surface area contributed by atoms with Crippen LogP contribution in [-0.2, 0) is 20.1 Å². The van der Waals surface area contributed by atoms with Gasteiger partial charge >= 0.3 is 0 Å². The van der Waals surface area contributed by atoms with Gasteiger partial charge in [-0.2, -0.15) is 0 Å². The third-order valence-electron chi connectivity index (χ3n) is 8.80. The monoisotopic (exact) mass is 806 g/mol. The Labute approximate surface area is 296 Å². The summed E-state index contributed by atoms with van der Waals surface area (Å²) in [6.07, 6.45) is 3.80. The number of fused-ring (bicyclic) bond motifs is 8. The van der Waals surface area contributed by atoms with Crippen molar-refractivity contribution in [3.8, 4) is 28.2 Å². The number of benzene rings is 6. The second-order valence-electron chi connectivity index (χ2n) is 11.6. The van der Waals surface area contributed by atoms with E-state index in [0.29, 0.717) is 0 Å². The van der Waals surface area contributed by atoms with E-state index in [2.05, 4.69) is 107 Å². The number of nitrogens with zero attached hydrogens (tertiary/aromatic N) is 3. The molecule has 10 rings (SSSR count). The van der Waals surface area contributed by atoms with E-state index in [0.717, 1.165) is 61.0 Å². The summed E-state index contributed by atoms with van der Waals surface area (Å²) in [6, 6.07) is 58.1. The summed E-state index contributed by atoms with van der Waals surface area (Å²) in [7, 11) is 0. The summed E-state index contributed by atoms with van der Waals surface area (Å²) in [5.41, 5.74) is 8.82. The Morgan fingerprint density at radius 2 is 1.35 bits per heavy atom. The van der Waals surface area contributed by atoms with Crippen LogP contribution in [0.5, 0.6) is 0 Å². The van der Waals surface area contributed by atoms with Crippen LogP contribution >= 0.6 is 0 Å². The van der Waals surface area contributed by atoms with Crippen LogP contribution in [-0.4, -0.2) is 14.5 Å². The number of rotatable bonds is 3. The molecule has 0 unspecified atom stereocenters. The average Bonchev–Trinajstić information content (AvgIpc) is 3.72. The summed E-state index contributed by atoms with van der Waals surface area (Å²) in [4.78, 5) is 9.17. The van der Waals surface area contributed by atoms with Gasteiger partial charge in [0, 0.05) is 59.9 Å². The molecule has 0 N–H and O–H groups in total. The Morgan fingerprint density at radius 1 is 0.551 bits per heavy atom. The summed E-state index contributed by atoms with van der Waals surface area (Å²) < 4.78 is 8.64. The zero-order valence-electron chi connectivity index (χ0n) is 26.2. The van der Waals surface area contributed by atoms with Crippen LogP contribution in [0.4, 0.5) is 0 Å².